The van der Waals surface area contributed by atoms with Crippen LogP contribution in [0, 0.1) is 0 Å². The Morgan fingerprint density at radius 3 is 2.21 bits per heavy atom. The number of benzene rings is 1. The summed E-state index contributed by atoms with van der Waals surface area (Å²) in [7, 11) is 2.34. The van der Waals surface area contributed by atoms with Gasteiger partial charge in [-0.25, -0.2) is 0 Å². The molecule has 0 saturated carbocycles. The molecule has 0 spiro atoms. The van der Waals surface area contributed by atoms with Crippen molar-refractivity contribution in [2.24, 2.45) is 0 Å². The Labute approximate surface area is 140 Å². The smallest absolute Gasteiger partial charge is 0.302 e. The van der Waals surface area contributed by atoms with Crippen LogP contribution in [0.25, 0.3) is 0 Å². The molecular formula is C14H19N5O4S. The lowest BCUT2D eigenvalue weighted by Gasteiger charge is -2.13. The van der Waals surface area contributed by atoms with Crippen molar-refractivity contribution in [3.8, 4) is 11.5 Å². The standard InChI is InChI=1S/C14H19N5O4S/c1-19(2)24(20,21)18-14-8-7-13(16-17-14)15-11-9-10(22-3)5-6-12(11)23-4/h5-9H,1-4H3,(H,15,16)(H,17,18). The highest BCUT2D eigenvalue weighted by molar-refractivity contribution is 7.90. The van der Waals surface area contributed by atoms with Crippen molar-refractivity contribution in [1.29, 1.82) is 0 Å². The second-order valence-electron chi connectivity index (χ2n) is 4.88. The van der Waals surface area contributed by atoms with Crippen LogP contribution in [0.15, 0.2) is 30.3 Å². The van der Waals surface area contributed by atoms with E-state index in [-0.39, 0.29) is 5.82 Å². The second-order valence-corrected chi connectivity index (χ2v) is 6.77. The van der Waals surface area contributed by atoms with E-state index in [4.69, 9.17) is 9.47 Å². The minimum Gasteiger partial charge on any atom is -0.497 e. The molecule has 0 aliphatic rings. The monoisotopic (exact) mass is 353 g/mol. The number of anilines is 3. The summed E-state index contributed by atoms with van der Waals surface area (Å²) in [6, 6.07) is 8.38. The van der Waals surface area contributed by atoms with Crippen LogP contribution in [0.5, 0.6) is 11.5 Å². The average Bonchev–Trinajstić information content (AvgIpc) is 2.56. The Bertz CT molecular complexity index is 793. The summed E-state index contributed by atoms with van der Waals surface area (Å²) in [4.78, 5) is 0. The zero-order chi connectivity index (χ0) is 17.7. The molecule has 2 aromatic rings. The van der Waals surface area contributed by atoms with Crippen LogP contribution in [-0.2, 0) is 10.2 Å². The van der Waals surface area contributed by atoms with Gasteiger partial charge in [0.05, 0.1) is 19.9 Å². The van der Waals surface area contributed by atoms with Crippen molar-refractivity contribution >= 4 is 27.5 Å². The van der Waals surface area contributed by atoms with E-state index < -0.39 is 10.2 Å². The minimum atomic E-state index is -3.62. The molecule has 2 N–H and O–H groups in total. The third kappa shape index (κ3) is 4.24. The van der Waals surface area contributed by atoms with E-state index >= 15 is 0 Å². The molecule has 0 aliphatic heterocycles. The summed E-state index contributed by atoms with van der Waals surface area (Å²) in [6.07, 6.45) is 0. The van der Waals surface area contributed by atoms with Gasteiger partial charge in [0, 0.05) is 20.2 Å². The molecule has 0 atom stereocenters. The Morgan fingerprint density at radius 1 is 1.00 bits per heavy atom. The normalized spacial score (nSPS) is 11.2. The summed E-state index contributed by atoms with van der Waals surface area (Å²) in [5.74, 6) is 1.80. The molecule has 0 unspecified atom stereocenters. The van der Waals surface area contributed by atoms with Crippen molar-refractivity contribution < 1.29 is 17.9 Å². The predicted molar refractivity (Wildman–Crippen MR) is 91.1 cm³/mol. The highest BCUT2D eigenvalue weighted by Crippen LogP contribution is 2.30. The van der Waals surface area contributed by atoms with Crippen molar-refractivity contribution in [1.82, 2.24) is 14.5 Å². The fraction of sp³-hybridized carbons (Fsp3) is 0.286. The first-order valence-electron chi connectivity index (χ1n) is 6.89. The average molecular weight is 353 g/mol. The van der Waals surface area contributed by atoms with Crippen LogP contribution >= 0.6 is 0 Å². The molecule has 0 fully saturated rings. The minimum absolute atomic E-state index is 0.117. The highest BCUT2D eigenvalue weighted by atomic mass is 32.2. The Balaban J connectivity index is 2.18. The lowest BCUT2D eigenvalue weighted by Crippen LogP contribution is -2.29. The molecular weight excluding hydrogens is 334 g/mol. The number of nitrogens with zero attached hydrogens (tertiary/aromatic N) is 3. The maximum absolute atomic E-state index is 11.7. The number of hydrogen-bond acceptors (Lipinski definition) is 7. The Hall–Kier alpha value is -2.59. The van der Waals surface area contributed by atoms with Gasteiger partial charge in [0.2, 0.25) is 0 Å². The van der Waals surface area contributed by atoms with Crippen LogP contribution in [0.2, 0.25) is 0 Å². The zero-order valence-corrected chi connectivity index (χ0v) is 14.6. The summed E-state index contributed by atoms with van der Waals surface area (Å²) in [6.45, 7) is 0. The summed E-state index contributed by atoms with van der Waals surface area (Å²) < 4.78 is 37.3. The summed E-state index contributed by atoms with van der Waals surface area (Å²) in [5, 5.41) is 10.8. The number of nitrogens with one attached hydrogen (secondary N) is 2. The Morgan fingerprint density at radius 2 is 1.67 bits per heavy atom. The summed E-state index contributed by atoms with van der Waals surface area (Å²) >= 11 is 0. The molecule has 1 aromatic carbocycles. The molecule has 9 nitrogen and oxygen atoms in total. The van der Waals surface area contributed by atoms with E-state index in [1.54, 1.807) is 38.5 Å². The molecule has 1 heterocycles. The van der Waals surface area contributed by atoms with Gasteiger partial charge >= 0.3 is 10.2 Å². The van der Waals surface area contributed by atoms with Gasteiger partial charge in [0.1, 0.15) is 11.5 Å². The van der Waals surface area contributed by atoms with E-state index in [2.05, 4.69) is 20.2 Å². The van der Waals surface area contributed by atoms with Crippen molar-refractivity contribution in [2.45, 2.75) is 0 Å². The quantitative estimate of drug-likeness (QED) is 0.776. The molecule has 0 radical (unpaired) electrons. The topological polar surface area (TPSA) is 106 Å². The van der Waals surface area contributed by atoms with Crippen LogP contribution < -0.4 is 19.5 Å². The number of rotatable bonds is 7. The van der Waals surface area contributed by atoms with E-state index in [0.717, 1.165) is 4.31 Å². The molecule has 130 valence electrons. The SMILES string of the molecule is COc1ccc(OC)c(Nc2ccc(NS(=O)(=O)N(C)C)nn2)c1. The van der Waals surface area contributed by atoms with Gasteiger partial charge in [-0.05, 0) is 24.3 Å². The van der Waals surface area contributed by atoms with Crippen molar-refractivity contribution in [3.05, 3.63) is 30.3 Å². The Kier molecular flexibility index (Phi) is 5.42. The van der Waals surface area contributed by atoms with Gasteiger partial charge in [0.25, 0.3) is 0 Å². The van der Waals surface area contributed by atoms with E-state index in [9.17, 15) is 8.42 Å². The largest absolute Gasteiger partial charge is 0.497 e. The third-order valence-electron chi connectivity index (χ3n) is 3.05. The number of ether oxygens (including phenoxy) is 2. The van der Waals surface area contributed by atoms with Gasteiger partial charge in [-0.1, -0.05) is 0 Å². The van der Waals surface area contributed by atoms with Crippen LogP contribution in [0.1, 0.15) is 0 Å². The lowest BCUT2D eigenvalue weighted by molar-refractivity contribution is 0.405. The van der Waals surface area contributed by atoms with Gasteiger partial charge in [-0.2, -0.15) is 12.7 Å². The summed E-state index contributed by atoms with van der Waals surface area (Å²) in [5.41, 5.74) is 0.646. The van der Waals surface area contributed by atoms with Gasteiger partial charge in [0.15, 0.2) is 11.6 Å². The predicted octanol–water partition coefficient (Wildman–Crippen LogP) is 1.46. The van der Waals surface area contributed by atoms with E-state index in [1.807, 2.05) is 0 Å². The fourth-order valence-electron chi connectivity index (χ4n) is 1.73. The van der Waals surface area contributed by atoms with Crippen LogP contribution in [0.4, 0.5) is 17.3 Å². The molecule has 10 heteroatoms. The highest BCUT2D eigenvalue weighted by Gasteiger charge is 2.14. The number of aromatic nitrogens is 2. The molecule has 0 saturated heterocycles. The zero-order valence-electron chi connectivity index (χ0n) is 13.8. The molecule has 0 bridgehead atoms. The first-order chi connectivity index (χ1) is 11.4. The number of methoxy groups -OCH3 is 2. The fourth-order valence-corrected chi connectivity index (χ4v) is 2.28. The van der Waals surface area contributed by atoms with Crippen molar-refractivity contribution in [3.63, 3.8) is 0 Å². The first kappa shape index (κ1) is 17.8. The molecule has 2 rings (SSSR count). The second kappa shape index (κ2) is 7.32. The maximum Gasteiger partial charge on any atom is 0.302 e. The van der Waals surface area contributed by atoms with Crippen LogP contribution in [0.3, 0.4) is 0 Å². The first-order valence-corrected chi connectivity index (χ1v) is 8.33. The molecule has 0 amide bonds. The molecule has 1 aromatic heterocycles. The van der Waals surface area contributed by atoms with Crippen molar-refractivity contribution in [2.75, 3.05) is 38.4 Å². The molecule has 24 heavy (non-hydrogen) atoms. The number of hydrogen-bond donors (Lipinski definition) is 2. The van der Waals surface area contributed by atoms with Gasteiger partial charge in [-0.3, -0.25) is 4.72 Å². The van der Waals surface area contributed by atoms with Gasteiger partial charge < -0.3 is 14.8 Å². The molecule has 0 aliphatic carbocycles. The van der Waals surface area contributed by atoms with E-state index in [0.29, 0.717) is 23.0 Å². The third-order valence-corrected chi connectivity index (χ3v) is 4.48. The maximum atomic E-state index is 11.7. The van der Waals surface area contributed by atoms with Crippen LogP contribution in [-0.4, -0.2) is 51.2 Å². The van der Waals surface area contributed by atoms with E-state index in [1.165, 1.54) is 20.2 Å². The van der Waals surface area contributed by atoms with Gasteiger partial charge in [-0.15, -0.1) is 10.2 Å². The lowest BCUT2D eigenvalue weighted by atomic mass is 10.2.